The van der Waals surface area contributed by atoms with Gasteiger partial charge in [0.25, 0.3) is 0 Å². The van der Waals surface area contributed by atoms with Gasteiger partial charge in [0.2, 0.25) is 11.8 Å². The summed E-state index contributed by atoms with van der Waals surface area (Å²) in [5.74, 6) is 1.51. The molecule has 180 valence electrons. The molecule has 0 saturated carbocycles. The van der Waals surface area contributed by atoms with E-state index >= 15 is 0 Å². The van der Waals surface area contributed by atoms with Crippen LogP contribution in [-0.2, 0) is 0 Å². The molecule has 5 rings (SSSR count). The Bertz CT molecular complexity index is 1450. The van der Waals surface area contributed by atoms with Crippen molar-refractivity contribution in [3.05, 3.63) is 117 Å². The van der Waals surface area contributed by atoms with E-state index in [9.17, 15) is 9.59 Å². The molecule has 2 heterocycles. The minimum Gasteiger partial charge on any atom is -0.443 e. The second-order valence-electron chi connectivity index (χ2n) is 9.03. The molecule has 1 aliphatic carbocycles. The first-order valence-electron chi connectivity index (χ1n) is 11.5. The highest BCUT2D eigenvalue weighted by molar-refractivity contribution is 5.60. The molecule has 0 amide bonds. The van der Waals surface area contributed by atoms with Gasteiger partial charge in [0.1, 0.15) is 11.5 Å². The van der Waals surface area contributed by atoms with E-state index in [1.54, 1.807) is 12.1 Å². The maximum atomic E-state index is 12.2. The summed E-state index contributed by atoms with van der Waals surface area (Å²) in [6.45, 7) is 4.00. The van der Waals surface area contributed by atoms with Crippen molar-refractivity contribution in [1.29, 1.82) is 0 Å². The van der Waals surface area contributed by atoms with Gasteiger partial charge in [0.05, 0.1) is 17.8 Å². The van der Waals surface area contributed by atoms with Crippen molar-refractivity contribution < 1.29 is 9.47 Å². The number of hydrogen-bond acceptors (Lipinski definition) is 6. The van der Waals surface area contributed by atoms with Gasteiger partial charge in [-0.05, 0) is 23.3 Å². The van der Waals surface area contributed by atoms with Gasteiger partial charge in [0.15, 0.2) is 0 Å². The van der Waals surface area contributed by atoms with Crippen LogP contribution in [0.15, 0.2) is 106 Å². The number of aromatic nitrogens is 4. The van der Waals surface area contributed by atoms with Crippen LogP contribution in [0.2, 0.25) is 0 Å². The molecule has 0 atom stereocenters. The average Bonchev–Trinajstić information content (AvgIpc) is 2.83. The lowest BCUT2D eigenvalue weighted by molar-refractivity contribution is 0.321. The molecule has 0 spiro atoms. The first-order valence-corrected chi connectivity index (χ1v) is 11.5. The van der Waals surface area contributed by atoms with E-state index in [1.807, 2.05) is 86.7 Å². The number of aromatic amines is 2. The summed E-state index contributed by atoms with van der Waals surface area (Å²) in [7, 11) is 0. The van der Waals surface area contributed by atoms with Gasteiger partial charge in [-0.3, -0.25) is 0 Å². The first-order chi connectivity index (χ1) is 17.3. The Hall–Kier alpha value is -4.72. The third-order valence-corrected chi connectivity index (χ3v) is 5.50. The molecule has 0 fully saturated rings. The number of nitrogens with zero attached hydrogens (tertiary/aromatic N) is 2. The molecule has 8 nitrogen and oxygen atoms in total. The van der Waals surface area contributed by atoms with E-state index in [0.29, 0.717) is 29.3 Å². The smallest absolute Gasteiger partial charge is 0.348 e. The van der Waals surface area contributed by atoms with Gasteiger partial charge in [-0.25, -0.2) is 9.59 Å². The van der Waals surface area contributed by atoms with Gasteiger partial charge in [-0.15, -0.1) is 0 Å². The number of hydrogen-bond donors (Lipinski definition) is 2. The summed E-state index contributed by atoms with van der Waals surface area (Å²) in [5, 5.41) is 0. The maximum absolute atomic E-state index is 12.2. The lowest BCUT2D eigenvalue weighted by atomic mass is 9.87. The van der Waals surface area contributed by atoms with Crippen molar-refractivity contribution in [3.63, 3.8) is 0 Å². The second-order valence-corrected chi connectivity index (χ2v) is 9.03. The fourth-order valence-corrected chi connectivity index (χ4v) is 4.07. The molecule has 0 radical (unpaired) electrons. The zero-order chi connectivity index (χ0) is 25.1. The zero-order valence-corrected chi connectivity index (χ0v) is 19.8. The maximum Gasteiger partial charge on any atom is 0.348 e. The third kappa shape index (κ3) is 5.50. The molecular weight excluding hydrogens is 456 g/mol. The molecular formula is C28H24N4O4. The quantitative estimate of drug-likeness (QED) is 0.409. The Morgan fingerprint density at radius 3 is 1.53 bits per heavy atom. The highest BCUT2D eigenvalue weighted by atomic mass is 16.5. The Balaban J connectivity index is 1.38. The van der Waals surface area contributed by atoms with Crippen LogP contribution in [0, 0.1) is 5.41 Å². The summed E-state index contributed by atoms with van der Waals surface area (Å²) in [5.41, 5.74) is 1.49. The number of nitrogens with one attached hydrogen (secondary N) is 2. The summed E-state index contributed by atoms with van der Waals surface area (Å²) in [6.07, 6.45) is 4.20. The normalized spacial score (nSPS) is 14.5. The molecule has 0 saturated heterocycles. The first kappa shape index (κ1) is 23.0. The van der Waals surface area contributed by atoms with Crippen LogP contribution in [0.25, 0.3) is 22.5 Å². The topological polar surface area (TPSA) is 110 Å². The number of benzene rings is 2. The Labute approximate surface area is 207 Å². The molecule has 4 aromatic rings. The number of allylic oxidation sites excluding steroid dienone is 2. The zero-order valence-electron chi connectivity index (χ0n) is 19.8. The fraction of sp³-hybridized carbons (Fsp3) is 0.143. The van der Waals surface area contributed by atoms with Crippen LogP contribution in [0.4, 0.5) is 0 Å². The van der Waals surface area contributed by atoms with Gasteiger partial charge in [0, 0.05) is 17.5 Å². The van der Waals surface area contributed by atoms with Crippen molar-refractivity contribution >= 4 is 0 Å². The summed E-state index contributed by atoms with van der Waals surface area (Å²) in [6, 6.07) is 22.3. The number of rotatable bonds is 6. The van der Waals surface area contributed by atoms with E-state index < -0.39 is 16.8 Å². The predicted octanol–water partition coefficient (Wildman–Crippen LogP) is 4.84. The molecule has 36 heavy (non-hydrogen) atoms. The van der Waals surface area contributed by atoms with Crippen molar-refractivity contribution in [2.75, 3.05) is 0 Å². The lowest BCUT2D eigenvalue weighted by Gasteiger charge is -2.25. The van der Waals surface area contributed by atoms with Crippen LogP contribution >= 0.6 is 0 Å². The minimum atomic E-state index is -0.504. The van der Waals surface area contributed by atoms with E-state index in [-0.39, 0.29) is 11.8 Å². The second kappa shape index (κ2) is 9.50. The molecule has 1 aliphatic rings. The van der Waals surface area contributed by atoms with Crippen LogP contribution in [0.5, 0.6) is 11.8 Å². The summed E-state index contributed by atoms with van der Waals surface area (Å²) < 4.78 is 12.1. The molecule has 0 unspecified atom stereocenters. The summed E-state index contributed by atoms with van der Waals surface area (Å²) >= 11 is 0. The van der Waals surface area contributed by atoms with Gasteiger partial charge >= 0.3 is 11.4 Å². The largest absolute Gasteiger partial charge is 0.443 e. The van der Waals surface area contributed by atoms with Crippen molar-refractivity contribution in [2.45, 2.75) is 20.3 Å². The van der Waals surface area contributed by atoms with Gasteiger partial charge in [-0.2, -0.15) is 9.97 Å². The Morgan fingerprint density at radius 1 is 0.694 bits per heavy atom. The third-order valence-electron chi connectivity index (χ3n) is 5.50. The van der Waals surface area contributed by atoms with Crippen LogP contribution < -0.4 is 20.9 Å². The summed E-state index contributed by atoms with van der Waals surface area (Å²) in [4.78, 5) is 37.8. The van der Waals surface area contributed by atoms with E-state index in [0.717, 1.165) is 11.1 Å². The standard InChI is InChI=1S/C28H24N4O4/c1-28(2)16-20(35-24-14-22(29-26(33)31-24)18-9-5-3-6-10-18)13-21(17-28)36-25-15-23(30-27(34)32-25)19-11-7-4-8-12-19/h3-12,14-17H,13H2,1-2H3,(H,29,31,33)(H,30,32,34). The fourth-order valence-electron chi connectivity index (χ4n) is 4.07. The van der Waals surface area contributed by atoms with Crippen molar-refractivity contribution in [3.8, 4) is 34.3 Å². The average molecular weight is 481 g/mol. The van der Waals surface area contributed by atoms with E-state index in [2.05, 4.69) is 19.9 Å². The van der Waals surface area contributed by atoms with Gasteiger partial charge < -0.3 is 19.4 Å². The molecule has 2 aromatic heterocycles. The Kier molecular flexibility index (Phi) is 6.08. The van der Waals surface area contributed by atoms with Crippen LogP contribution in [0.1, 0.15) is 20.3 Å². The minimum absolute atomic E-state index is 0.182. The number of H-pyrrole nitrogens is 2. The van der Waals surface area contributed by atoms with Crippen molar-refractivity contribution in [2.24, 2.45) is 5.41 Å². The monoisotopic (exact) mass is 480 g/mol. The highest BCUT2D eigenvalue weighted by Gasteiger charge is 2.24. The lowest BCUT2D eigenvalue weighted by Crippen LogP contribution is -2.19. The molecule has 0 aliphatic heterocycles. The van der Waals surface area contributed by atoms with Gasteiger partial charge in [-0.1, -0.05) is 74.5 Å². The molecule has 2 aromatic carbocycles. The van der Waals surface area contributed by atoms with Crippen LogP contribution in [-0.4, -0.2) is 19.9 Å². The van der Waals surface area contributed by atoms with E-state index in [1.165, 1.54) is 0 Å². The van der Waals surface area contributed by atoms with Crippen LogP contribution in [0.3, 0.4) is 0 Å². The Morgan fingerprint density at radius 2 is 1.11 bits per heavy atom. The van der Waals surface area contributed by atoms with E-state index in [4.69, 9.17) is 9.47 Å². The highest BCUT2D eigenvalue weighted by Crippen LogP contribution is 2.34. The molecule has 2 N–H and O–H groups in total. The van der Waals surface area contributed by atoms with Crippen molar-refractivity contribution in [1.82, 2.24) is 19.9 Å². The molecule has 0 bridgehead atoms. The molecule has 8 heteroatoms. The number of ether oxygens (including phenoxy) is 2. The SMILES string of the molecule is CC1(C)C=C(Oc2cc(-c3ccccc3)[nH]c(=O)n2)CC(Oc2cc(-c3ccccc3)[nH]c(=O)n2)=C1. The predicted molar refractivity (Wildman–Crippen MR) is 136 cm³/mol.